The molecule has 1 amide bonds. The molecule has 1 atom stereocenters. The first-order chi connectivity index (χ1) is 8.95. The van der Waals surface area contributed by atoms with Crippen molar-refractivity contribution in [1.82, 2.24) is 9.88 Å². The molecule has 0 saturated heterocycles. The van der Waals surface area contributed by atoms with E-state index in [0.29, 0.717) is 11.6 Å². The maximum atomic E-state index is 12.3. The fraction of sp³-hybridized carbons (Fsp3) is 0.571. The highest BCUT2D eigenvalue weighted by molar-refractivity contribution is 7.98. The van der Waals surface area contributed by atoms with Crippen LogP contribution in [0.2, 0.25) is 0 Å². The van der Waals surface area contributed by atoms with Crippen LogP contribution in [0, 0.1) is 0 Å². The van der Waals surface area contributed by atoms with Gasteiger partial charge >= 0.3 is 0 Å². The van der Waals surface area contributed by atoms with Gasteiger partial charge in [0.15, 0.2) is 0 Å². The highest BCUT2D eigenvalue weighted by atomic mass is 32.2. The van der Waals surface area contributed by atoms with Gasteiger partial charge in [-0.25, -0.2) is 4.98 Å². The van der Waals surface area contributed by atoms with Crippen molar-refractivity contribution in [2.75, 3.05) is 19.1 Å². The summed E-state index contributed by atoms with van der Waals surface area (Å²) in [6.45, 7) is 5.90. The van der Waals surface area contributed by atoms with Crippen LogP contribution in [0.1, 0.15) is 31.3 Å². The second-order valence-corrected chi connectivity index (χ2v) is 5.66. The van der Waals surface area contributed by atoms with Crippen LogP contribution in [0.5, 0.6) is 5.88 Å². The number of amides is 1. The molecule has 0 aliphatic rings. The van der Waals surface area contributed by atoms with E-state index in [4.69, 9.17) is 4.74 Å². The highest BCUT2D eigenvalue weighted by Gasteiger charge is 2.18. The molecular weight excluding hydrogens is 260 g/mol. The van der Waals surface area contributed by atoms with E-state index in [1.54, 1.807) is 41.9 Å². The standard InChI is InChI=1S/C14H22N2O2S/c1-10(2)18-13-8-6-7-12(15-13)14(17)16(4)11(3)9-19-5/h6-8,10-11H,9H2,1-5H3/t11-/m1/s1. The van der Waals surface area contributed by atoms with Crippen LogP contribution >= 0.6 is 11.8 Å². The quantitative estimate of drug-likeness (QED) is 0.804. The molecule has 0 aromatic carbocycles. The van der Waals surface area contributed by atoms with E-state index < -0.39 is 0 Å². The summed E-state index contributed by atoms with van der Waals surface area (Å²) in [6, 6.07) is 5.46. The molecular formula is C14H22N2O2S. The van der Waals surface area contributed by atoms with E-state index in [-0.39, 0.29) is 18.1 Å². The molecule has 1 heterocycles. The molecule has 1 rings (SSSR count). The molecule has 0 N–H and O–H groups in total. The maximum Gasteiger partial charge on any atom is 0.272 e. The van der Waals surface area contributed by atoms with E-state index >= 15 is 0 Å². The molecule has 1 aromatic rings. The minimum Gasteiger partial charge on any atom is -0.475 e. The van der Waals surface area contributed by atoms with Gasteiger partial charge in [0.1, 0.15) is 5.69 Å². The lowest BCUT2D eigenvalue weighted by Gasteiger charge is -2.24. The summed E-state index contributed by atoms with van der Waals surface area (Å²) in [5.41, 5.74) is 0.425. The number of carbonyl (C=O) groups is 1. The number of rotatable bonds is 6. The van der Waals surface area contributed by atoms with Crippen molar-refractivity contribution in [3.8, 4) is 5.88 Å². The second-order valence-electron chi connectivity index (χ2n) is 4.75. The SMILES string of the molecule is CSC[C@@H](C)N(C)C(=O)c1cccc(OC(C)C)n1. The van der Waals surface area contributed by atoms with Crippen LogP contribution in [0.4, 0.5) is 0 Å². The summed E-state index contributed by atoms with van der Waals surface area (Å²) in [6.07, 6.45) is 2.08. The molecule has 0 saturated carbocycles. The van der Waals surface area contributed by atoms with Crippen molar-refractivity contribution in [1.29, 1.82) is 0 Å². The number of ether oxygens (including phenoxy) is 1. The molecule has 0 unspecified atom stereocenters. The van der Waals surface area contributed by atoms with Gasteiger partial charge in [0.05, 0.1) is 6.10 Å². The molecule has 0 aliphatic heterocycles. The Kier molecular flexibility index (Phi) is 6.15. The maximum absolute atomic E-state index is 12.3. The van der Waals surface area contributed by atoms with Crippen molar-refractivity contribution in [2.45, 2.75) is 32.9 Å². The summed E-state index contributed by atoms with van der Waals surface area (Å²) in [5, 5.41) is 0. The summed E-state index contributed by atoms with van der Waals surface area (Å²) < 4.78 is 5.51. The van der Waals surface area contributed by atoms with Gasteiger partial charge in [-0.3, -0.25) is 4.79 Å². The Balaban J connectivity index is 2.81. The minimum absolute atomic E-state index is 0.0472. The summed E-state index contributed by atoms with van der Waals surface area (Å²) in [5.74, 6) is 1.33. The van der Waals surface area contributed by atoms with Gasteiger partial charge in [-0.2, -0.15) is 11.8 Å². The molecule has 0 bridgehead atoms. The molecule has 0 radical (unpaired) electrons. The number of hydrogen-bond donors (Lipinski definition) is 0. The van der Waals surface area contributed by atoms with E-state index in [9.17, 15) is 4.79 Å². The Morgan fingerprint density at radius 1 is 1.42 bits per heavy atom. The molecule has 106 valence electrons. The summed E-state index contributed by atoms with van der Waals surface area (Å²) in [4.78, 5) is 18.3. The van der Waals surface area contributed by atoms with Gasteiger partial charge < -0.3 is 9.64 Å². The topological polar surface area (TPSA) is 42.4 Å². The zero-order chi connectivity index (χ0) is 14.4. The van der Waals surface area contributed by atoms with Crippen molar-refractivity contribution >= 4 is 17.7 Å². The highest BCUT2D eigenvalue weighted by Crippen LogP contribution is 2.13. The van der Waals surface area contributed by atoms with Gasteiger partial charge in [-0.15, -0.1) is 0 Å². The summed E-state index contributed by atoms with van der Waals surface area (Å²) >= 11 is 1.72. The van der Waals surface area contributed by atoms with Crippen molar-refractivity contribution in [2.24, 2.45) is 0 Å². The second kappa shape index (κ2) is 7.38. The van der Waals surface area contributed by atoms with E-state index in [1.165, 1.54) is 0 Å². The van der Waals surface area contributed by atoms with Crippen LogP contribution < -0.4 is 4.74 Å². The number of aromatic nitrogens is 1. The Morgan fingerprint density at radius 2 is 2.11 bits per heavy atom. The van der Waals surface area contributed by atoms with E-state index in [1.807, 2.05) is 27.0 Å². The first-order valence-corrected chi connectivity index (χ1v) is 7.75. The van der Waals surface area contributed by atoms with Crippen LogP contribution in [-0.2, 0) is 0 Å². The van der Waals surface area contributed by atoms with Gasteiger partial charge in [-0.05, 0) is 33.1 Å². The number of pyridine rings is 1. The van der Waals surface area contributed by atoms with Gasteiger partial charge in [0, 0.05) is 24.9 Å². The number of nitrogens with zero attached hydrogens (tertiary/aromatic N) is 2. The predicted molar refractivity (Wildman–Crippen MR) is 79.9 cm³/mol. The lowest BCUT2D eigenvalue weighted by atomic mass is 10.2. The average molecular weight is 282 g/mol. The monoisotopic (exact) mass is 282 g/mol. The van der Waals surface area contributed by atoms with E-state index in [2.05, 4.69) is 4.98 Å². The lowest BCUT2D eigenvalue weighted by Crippen LogP contribution is -2.37. The zero-order valence-corrected chi connectivity index (χ0v) is 13.0. The van der Waals surface area contributed by atoms with Crippen LogP contribution in [0.3, 0.4) is 0 Å². The Labute approximate surface area is 119 Å². The minimum atomic E-state index is -0.0734. The summed E-state index contributed by atoms with van der Waals surface area (Å²) in [7, 11) is 1.81. The number of carbonyl (C=O) groups excluding carboxylic acids is 1. The predicted octanol–water partition coefficient (Wildman–Crippen LogP) is 2.69. The zero-order valence-electron chi connectivity index (χ0n) is 12.2. The van der Waals surface area contributed by atoms with E-state index in [0.717, 1.165) is 5.75 Å². The van der Waals surface area contributed by atoms with Gasteiger partial charge in [0.25, 0.3) is 5.91 Å². The van der Waals surface area contributed by atoms with Gasteiger partial charge in [-0.1, -0.05) is 6.07 Å². The van der Waals surface area contributed by atoms with Crippen molar-refractivity contribution in [3.63, 3.8) is 0 Å². The molecule has 0 fully saturated rings. The largest absolute Gasteiger partial charge is 0.475 e. The van der Waals surface area contributed by atoms with Crippen LogP contribution in [0.15, 0.2) is 18.2 Å². The first-order valence-electron chi connectivity index (χ1n) is 6.35. The fourth-order valence-corrected chi connectivity index (χ4v) is 2.28. The first kappa shape index (κ1) is 15.8. The third-order valence-corrected chi connectivity index (χ3v) is 3.50. The Bertz CT molecular complexity index is 424. The third kappa shape index (κ3) is 4.74. The van der Waals surface area contributed by atoms with Crippen molar-refractivity contribution in [3.05, 3.63) is 23.9 Å². The molecule has 0 spiro atoms. The lowest BCUT2D eigenvalue weighted by molar-refractivity contribution is 0.0749. The van der Waals surface area contributed by atoms with Crippen LogP contribution in [-0.4, -0.2) is 47.0 Å². The Hall–Kier alpha value is -1.23. The fourth-order valence-electron chi connectivity index (χ4n) is 1.57. The Morgan fingerprint density at radius 3 is 2.68 bits per heavy atom. The molecule has 4 nitrogen and oxygen atoms in total. The molecule has 1 aromatic heterocycles. The average Bonchev–Trinajstić information content (AvgIpc) is 2.36. The van der Waals surface area contributed by atoms with Crippen LogP contribution in [0.25, 0.3) is 0 Å². The third-order valence-electron chi connectivity index (χ3n) is 2.69. The normalized spacial score (nSPS) is 12.3. The number of hydrogen-bond acceptors (Lipinski definition) is 4. The smallest absolute Gasteiger partial charge is 0.272 e. The molecule has 5 heteroatoms. The van der Waals surface area contributed by atoms with Crippen molar-refractivity contribution < 1.29 is 9.53 Å². The molecule has 19 heavy (non-hydrogen) atoms. The molecule has 0 aliphatic carbocycles. The number of thioether (sulfide) groups is 1. The van der Waals surface area contributed by atoms with Gasteiger partial charge in [0.2, 0.25) is 5.88 Å².